The molecule has 0 N–H and O–H groups in total. The summed E-state index contributed by atoms with van der Waals surface area (Å²) in [5, 5.41) is 0. The summed E-state index contributed by atoms with van der Waals surface area (Å²) in [5.41, 5.74) is 4.76. The minimum absolute atomic E-state index is 0.144. The topological polar surface area (TPSA) is 40.2 Å². The molecule has 0 radical (unpaired) electrons. The van der Waals surface area contributed by atoms with Gasteiger partial charge in [-0.1, -0.05) is 18.2 Å². The first-order chi connectivity index (χ1) is 12.8. The maximum atomic E-state index is 6.16. The number of fused-ring (bicyclic) bond motifs is 5. The minimum Gasteiger partial charge on any atom is -0.492 e. The van der Waals surface area contributed by atoms with Gasteiger partial charge in [0.05, 0.1) is 18.6 Å². The Labute approximate surface area is 153 Å². The van der Waals surface area contributed by atoms with Crippen molar-refractivity contribution in [3.63, 3.8) is 0 Å². The molecule has 2 aromatic rings. The van der Waals surface area contributed by atoms with Crippen LogP contribution in [0, 0.1) is 0 Å². The van der Waals surface area contributed by atoms with E-state index in [0.29, 0.717) is 20.0 Å². The van der Waals surface area contributed by atoms with Crippen LogP contribution in [0.4, 0.5) is 5.69 Å². The number of benzene rings is 2. The van der Waals surface area contributed by atoms with Gasteiger partial charge >= 0.3 is 0 Å². The second kappa shape index (κ2) is 6.18. The molecule has 2 aromatic carbocycles. The molecule has 5 heteroatoms. The molecular formula is C21H23NO4. The van der Waals surface area contributed by atoms with Crippen LogP contribution < -0.4 is 14.4 Å². The monoisotopic (exact) mass is 353 g/mol. The van der Waals surface area contributed by atoms with Gasteiger partial charge in [0.25, 0.3) is 0 Å². The number of para-hydroxylation sites is 1. The normalized spacial score (nSPS) is 22.6. The van der Waals surface area contributed by atoms with Crippen LogP contribution in [0.3, 0.4) is 0 Å². The van der Waals surface area contributed by atoms with Gasteiger partial charge in [0.2, 0.25) is 0 Å². The minimum atomic E-state index is -0.144. The lowest BCUT2D eigenvalue weighted by molar-refractivity contribution is -0.0165. The van der Waals surface area contributed by atoms with E-state index in [1.807, 2.05) is 6.92 Å². The van der Waals surface area contributed by atoms with Crippen LogP contribution in [-0.4, -0.2) is 39.7 Å². The van der Waals surface area contributed by atoms with Crippen molar-refractivity contribution in [3.8, 4) is 11.5 Å². The molecular weight excluding hydrogens is 330 g/mol. The first-order valence-electron chi connectivity index (χ1n) is 9.25. The molecule has 0 amide bonds. The highest BCUT2D eigenvalue weighted by Crippen LogP contribution is 2.52. The number of anilines is 1. The van der Waals surface area contributed by atoms with Crippen LogP contribution >= 0.6 is 0 Å². The lowest BCUT2D eigenvalue weighted by Gasteiger charge is -2.26. The van der Waals surface area contributed by atoms with E-state index in [-0.39, 0.29) is 5.41 Å². The Morgan fingerprint density at radius 3 is 2.96 bits per heavy atom. The van der Waals surface area contributed by atoms with Crippen molar-refractivity contribution in [3.05, 3.63) is 53.1 Å². The number of nitrogens with zero attached hydrogens (tertiary/aromatic N) is 1. The van der Waals surface area contributed by atoms with Gasteiger partial charge in [-0.25, -0.2) is 0 Å². The van der Waals surface area contributed by atoms with Crippen LogP contribution in [0.5, 0.6) is 11.5 Å². The van der Waals surface area contributed by atoms with Gasteiger partial charge in [-0.3, -0.25) is 0 Å². The molecule has 0 aromatic heterocycles. The lowest BCUT2D eigenvalue weighted by atomic mass is 9.77. The van der Waals surface area contributed by atoms with Crippen LogP contribution in [0.15, 0.2) is 36.4 Å². The van der Waals surface area contributed by atoms with E-state index < -0.39 is 0 Å². The van der Waals surface area contributed by atoms with Gasteiger partial charge in [0.15, 0.2) is 6.79 Å². The fraction of sp³-hybridized carbons (Fsp3) is 0.429. The Bertz CT molecular complexity index is 837. The van der Waals surface area contributed by atoms with Gasteiger partial charge in [0, 0.05) is 36.5 Å². The zero-order chi connectivity index (χ0) is 17.6. The number of rotatable bonds is 4. The Balaban J connectivity index is 1.57. The van der Waals surface area contributed by atoms with Gasteiger partial charge in [-0.2, -0.15) is 0 Å². The Morgan fingerprint density at radius 2 is 2.04 bits per heavy atom. The second-order valence-corrected chi connectivity index (χ2v) is 7.07. The molecule has 3 aliphatic heterocycles. The predicted molar refractivity (Wildman–Crippen MR) is 98.1 cm³/mol. The molecule has 0 saturated heterocycles. The highest BCUT2D eigenvalue weighted by molar-refractivity contribution is 5.70. The third-order valence-corrected chi connectivity index (χ3v) is 5.64. The van der Waals surface area contributed by atoms with E-state index in [0.717, 1.165) is 43.4 Å². The molecule has 0 fully saturated rings. The molecule has 136 valence electrons. The highest BCUT2D eigenvalue weighted by Gasteiger charge is 2.50. The molecule has 3 aliphatic rings. The van der Waals surface area contributed by atoms with Crippen LogP contribution in [0.25, 0.3) is 0 Å². The van der Waals surface area contributed by atoms with Crippen molar-refractivity contribution in [2.75, 3.05) is 44.6 Å². The Hall–Kier alpha value is -2.24. The first-order valence-corrected chi connectivity index (χ1v) is 9.25. The van der Waals surface area contributed by atoms with Crippen molar-refractivity contribution in [1.82, 2.24) is 0 Å². The van der Waals surface area contributed by atoms with Crippen LogP contribution in [-0.2, 0) is 21.5 Å². The molecule has 1 unspecified atom stereocenters. The summed E-state index contributed by atoms with van der Waals surface area (Å²) < 4.78 is 22.9. The van der Waals surface area contributed by atoms with E-state index in [1.165, 1.54) is 16.8 Å². The summed E-state index contributed by atoms with van der Waals surface area (Å²) in [6.07, 6.45) is 0. The van der Waals surface area contributed by atoms with Gasteiger partial charge in [0.1, 0.15) is 18.1 Å². The fourth-order valence-corrected chi connectivity index (χ4v) is 4.40. The summed E-state index contributed by atoms with van der Waals surface area (Å²) in [5.74, 6) is 1.88. The molecule has 1 spiro atoms. The fourth-order valence-electron chi connectivity index (χ4n) is 4.40. The number of ether oxygens (including phenoxy) is 4. The lowest BCUT2D eigenvalue weighted by Crippen LogP contribution is -2.37. The molecule has 0 aliphatic carbocycles. The standard InChI is InChI=1S/C21H23NO4/c1-2-23-8-7-22-12-21(16-5-3-4-6-18(16)22)13-25-20-9-15-11-24-14-26-19(15)10-17(20)21/h3-6,9-10H,2,7-8,11-14H2,1H3. The zero-order valence-corrected chi connectivity index (χ0v) is 15.0. The first kappa shape index (κ1) is 16.0. The third kappa shape index (κ3) is 2.31. The average molecular weight is 353 g/mol. The van der Waals surface area contributed by atoms with E-state index >= 15 is 0 Å². The maximum absolute atomic E-state index is 6.16. The summed E-state index contributed by atoms with van der Waals surface area (Å²) in [6, 6.07) is 12.9. The summed E-state index contributed by atoms with van der Waals surface area (Å²) in [6.45, 7) is 6.87. The maximum Gasteiger partial charge on any atom is 0.189 e. The number of hydrogen-bond acceptors (Lipinski definition) is 5. The van der Waals surface area contributed by atoms with Crippen molar-refractivity contribution >= 4 is 5.69 Å². The van der Waals surface area contributed by atoms with Gasteiger partial charge in [-0.05, 0) is 30.7 Å². The van der Waals surface area contributed by atoms with Crippen LogP contribution in [0.1, 0.15) is 23.6 Å². The Morgan fingerprint density at radius 1 is 1.12 bits per heavy atom. The molecule has 0 saturated carbocycles. The largest absolute Gasteiger partial charge is 0.492 e. The zero-order valence-electron chi connectivity index (χ0n) is 15.0. The third-order valence-electron chi connectivity index (χ3n) is 5.64. The smallest absolute Gasteiger partial charge is 0.189 e. The molecule has 5 rings (SSSR count). The van der Waals surface area contributed by atoms with Crippen molar-refractivity contribution in [2.45, 2.75) is 18.9 Å². The van der Waals surface area contributed by atoms with Crippen molar-refractivity contribution in [1.29, 1.82) is 0 Å². The van der Waals surface area contributed by atoms with Crippen molar-refractivity contribution in [2.24, 2.45) is 0 Å². The van der Waals surface area contributed by atoms with E-state index in [1.54, 1.807) is 0 Å². The van der Waals surface area contributed by atoms with E-state index in [4.69, 9.17) is 18.9 Å². The second-order valence-electron chi connectivity index (χ2n) is 7.07. The molecule has 0 bridgehead atoms. The van der Waals surface area contributed by atoms with E-state index in [2.05, 4.69) is 41.3 Å². The van der Waals surface area contributed by atoms with Crippen molar-refractivity contribution < 1.29 is 18.9 Å². The summed E-state index contributed by atoms with van der Waals surface area (Å²) in [7, 11) is 0. The van der Waals surface area contributed by atoms with Gasteiger partial charge < -0.3 is 23.8 Å². The molecule has 1 atom stereocenters. The average Bonchev–Trinajstić information content (AvgIpc) is 3.20. The SMILES string of the molecule is CCOCCN1CC2(COc3cc4c(cc32)OCOC4)c2ccccc21. The van der Waals surface area contributed by atoms with Gasteiger partial charge in [-0.15, -0.1) is 0 Å². The van der Waals surface area contributed by atoms with Crippen LogP contribution in [0.2, 0.25) is 0 Å². The molecule has 3 heterocycles. The predicted octanol–water partition coefficient (Wildman–Crippen LogP) is 3.09. The molecule has 26 heavy (non-hydrogen) atoms. The molecule has 5 nitrogen and oxygen atoms in total. The summed E-state index contributed by atoms with van der Waals surface area (Å²) >= 11 is 0. The summed E-state index contributed by atoms with van der Waals surface area (Å²) in [4.78, 5) is 2.42. The van der Waals surface area contributed by atoms with E-state index in [9.17, 15) is 0 Å². The quantitative estimate of drug-likeness (QED) is 0.790. The number of hydrogen-bond donors (Lipinski definition) is 0. The highest BCUT2D eigenvalue weighted by atomic mass is 16.7. The Kier molecular flexibility index (Phi) is 3.80.